The molecule has 1 unspecified atom stereocenters. The zero-order valence-corrected chi connectivity index (χ0v) is 17.9. The van der Waals surface area contributed by atoms with Gasteiger partial charge in [0, 0.05) is 6.07 Å². The first-order valence-electron chi connectivity index (χ1n) is 9.88. The number of carbonyl (C=O) groups is 1. The van der Waals surface area contributed by atoms with Crippen molar-refractivity contribution in [2.75, 3.05) is 5.32 Å². The van der Waals surface area contributed by atoms with Crippen molar-refractivity contribution in [1.29, 1.82) is 0 Å². The number of hydrogen-bond donors (Lipinski definition) is 1. The van der Waals surface area contributed by atoms with Crippen molar-refractivity contribution >= 4 is 34.3 Å². The van der Waals surface area contributed by atoms with Gasteiger partial charge in [-0.15, -0.1) is 0 Å². The molecule has 1 heterocycles. The Morgan fingerprint density at radius 1 is 1.06 bits per heavy atom. The van der Waals surface area contributed by atoms with Crippen LogP contribution in [0.25, 0.3) is 10.9 Å². The highest BCUT2D eigenvalue weighted by atomic mass is 32.2. The molecule has 1 aromatic heterocycles. The molecule has 1 amide bonds. The van der Waals surface area contributed by atoms with Crippen LogP contribution in [-0.4, -0.2) is 20.7 Å². The number of halogens is 2. The molecular weight excluding hydrogens is 432 g/mol. The third-order valence-electron chi connectivity index (χ3n) is 4.85. The average Bonchev–Trinajstić information content (AvgIpc) is 2.79. The normalized spacial score (nSPS) is 12.0. The van der Waals surface area contributed by atoms with Crippen molar-refractivity contribution in [3.8, 4) is 0 Å². The highest BCUT2D eigenvalue weighted by molar-refractivity contribution is 8.00. The van der Waals surface area contributed by atoms with Crippen molar-refractivity contribution in [3.05, 3.63) is 100 Å². The maximum Gasteiger partial charge on any atom is 0.262 e. The lowest BCUT2D eigenvalue weighted by Gasteiger charge is -2.17. The highest BCUT2D eigenvalue weighted by Gasteiger charge is 2.21. The fourth-order valence-electron chi connectivity index (χ4n) is 3.18. The number of aromatic nitrogens is 2. The van der Waals surface area contributed by atoms with Crippen molar-refractivity contribution in [1.82, 2.24) is 9.55 Å². The largest absolute Gasteiger partial charge is 0.323 e. The number of fused-ring (bicyclic) bond motifs is 1. The molecule has 0 aliphatic carbocycles. The van der Waals surface area contributed by atoms with Crippen LogP contribution in [0.2, 0.25) is 0 Å². The van der Waals surface area contributed by atoms with E-state index in [-0.39, 0.29) is 11.2 Å². The summed E-state index contributed by atoms with van der Waals surface area (Å²) >= 11 is 1.10. The number of carbonyl (C=O) groups excluding carboxylic acids is 1. The molecule has 0 radical (unpaired) electrons. The number of para-hydroxylation sites is 1. The first-order valence-corrected chi connectivity index (χ1v) is 10.8. The second-order valence-electron chi connectivity index (χ2n) is 7.16. The van der Waals surface area contributed by atoms with Crippen molar-refractivity contribution in [2.45, 2.75) is 23.9 Å². The maximum absolute atomic E-state index is 13.9. The first-order chi connectivity index (χ1) is 15.4. The monoisotopic (exact) mass is 451 g/mol. The van der Waals surface area contributed by atoms with E-state index in [1.54, 1.807) is 31.2 Å². The third-order valence-corrected chi connectivity index (χ3v) is 5.94. The molecule has 0 spiro atoms. The number of rotatable bonds is 6. The zero-order valence-electron chi connectivity index (χ0n) is 17.1. The third kappa shape index (κ3) is 4.70. The highest BCUT2D eigenvalue weighted by Crippen LogP contribution is 2.25. The lowest BCUT2D eigenvalue weighted by molar-refractivity contribution is -0.115. The maximum atomic E-state index is 13.9. The number of anilines is 1. The second kappa shape index (κ2) is 9.32. The molecule has 0 saturated carbocycles. The van der Waals surface area contributed by atoms with Crippen LogP contribution in [0.5, 0.6) is 0 Å². The fraction of sp³-hybridized carbons (Fsp3) is 0.125. The van der Waals surface area contributed by atoms with Crippen LogP contribution in [0.15, 0.2) is 82.7 Å². The minimum absolute atomic E-state index is 0.114. The van der Waals surface area contributed by atoms with E-state index >= 15 is 0 Å². The number of amides is 1. The molecule has 8 heteroatoms. The molecule has 3 aromatic carbocycles. The van der Waals surface area contributed by atoms with Crippen LogP contribution in [0, 0.1) is 11.6 Å². The summed E-state index contributed by atoms with van der Waals surface area (Å²) in [6.45, 7) is 1.93. The van der Waals surface area contributed by atoms with Gasteiger partial charge in [0.05, 0.1) is 28.4 Å². The van der Waals surface area contributed by atoms with Crippen molar-refractivity contribution in [3.63, 3.8) is 0 Å². The molecule has 0 bridgehead atoms. The van der Waals surface area contributed by atoms with Gasteiger partial charge in [0.25, 0.3) is 5.56 Å². The topological polar surface area (TPSA) is 64.0 Å². The minimum atomic E-state index is -0.861. The van der Waals surface area contributed by atoms with Gasteiger partial charge in [-0.2, -0.15) is 0 Å². The number of benzene rings is 3. The molecule has 1 atom stereocenters. The Hall–Kier alpha value is -3.52. The van der Waals surface area contributed by atoms with E-state index in [1.165, 1.54) is 10.6 Å². The molecular formula is C24H19F2N3O2S. The molecule has 1 N–H and O–H groups in total. The van der Waals surface area contributed by atoms with Crippen LogP contribution in [0.3, 0.4) is 0 Å². The van der Waals surface area contributed by atoms with Gasteiger partial charge in [-0.1, -0.05) is 54.2 Å². The van der Waals surface area contributed by atoms with Crippen LogP contribution < -0.4 is 10.9 Å². The SMILES string of the molecule is CC(Sc1nc2ccccc2c(=O)n1Cc1ccccc1)C(=O)Nc1ccc(F)cc1F. The lowest BCUT2D eigenvalue weighted by atomic mass is 10.2. The summed E-state index contributed by atoms with van der Waals surface area (Å²) in [5.41, 5.74) is 1.12. The number of nitrogens with zero attached hydrogens (tertiary/aromatic N) is 2. The summed E-state index contributed by atoms with van der Waals surface area (Å²) in [6.07, 6.45) is 0. The molecule has 32 heavy (non-hydrogen) atoms. The Morgan fingerprint density at radius 2 is 1.78 bits per heavy atom. The zero-order chi connectivity index (χ0) is 22.7. The molecule has 162 valence electrons. The van der Waals surface area contributed by atoms with E-state index in [4.69, 9.17) is 0 Å². The predicted octanol–water partition coefficient (Wildman–Crippen LogP) is 4.84. The van der Waals surface area contributed by atoms with Crippen molar-refractivity contribution in [2.24, 2.45) is 0 Å². The molecule has 0 fully saturated rings. The minimum Gasteiger partial charge on any atom is -0.323 e. The van der Waals surface area contributed by atoms with Gasteiger partial charge >= 0.3 is 0 Å². The van der Waals surface area contributed by atoms with Gasteiger partial charge in [-0.05, 0) is 36.8 Å². The van der Waals surface area contributed by atoms with Gasteiger partial charge < -0.3 is 5.32 Å². The van der Waals surface area contributed by atoms with Crippen LogP contribution in [0.1, 0.15) is 12.5 Å². The van der Waals surface area contributed by atoms with Gasteiger partial charge in [0.1, 0.15) is 11.6 Å². The average molecular weight is 451 g/mol. The summed E-state index contributed by atoms with van der Waals surface area (Å²) in [6, 6.07) is 19.4. The van der Waals surface area contributed by atoms with Crippen LogP contribution in [0.4, 0.5) is 14.5 Å². The summed E-state index contributed by atoms with van der Waals surface area (Å²) < 4.78 is 28.6. The van der Waals surface area contributed by atoms with Crippen LogP contribution in [-0.2, 0) is 11.3 Å². The Kier molecular flexibility index (Phi) is 6.32. The van der Waals surface area contributed by atoms with Gasteiger partial charge in [0.15, 0.2) is 5.16 Å². The Morgan fingerprint density at radius 3 is 2.53 bits per heavy atom. The van der Waals surface area contributed by atoms with E-state index in [9.17, 15) is 18.4 Å². The number of thioether (sulfide) groups is 1. The smallest absolute Gasteiger partial charge is 0.262 e. The van der Waals surface area contributed by atoms with E-state index in [0.29, 0.717) is 28.7 Å². The summed E-state index contributed by atoms with van der Waals surface area (Å²) in [4.78, 5) is 30.5. The van der Waals surface area contributed by atoms with Gasteiger partial charge in [-0.25, -0.2) is 13.8 Å². The molecule has 4 aromatic rings. The predicted molar refractivity (Wildman–Crippen MR) is 122 cm³/mol. The lowest BCUT2D eigenvalue weighted by Crippen LogP contribution is -2.27. The van der Waals surface area contributed by atoms with Crippen LogP contribution >= 0.6 is 11.8 Å². The molecule has 4 rings (SSSR count). The summed E-state index contributed by atoms with van der Waals surface area (Å²) in [7, 11) is 0. The molecule has 0 aliphatic heterocycles. The Bertz CT molecular complexity index is 1340. The number of nitrogens with one attached hydrogen (secondary N) is 1. The molecule has 5 nitrogen and oxygen atoms in total. The first kappa shape index (κ1) is 21.7. The van der Waals surface area contributed by atoms with Crippen molar-refractivity contribution < 1.29 is 13.6 Å². The standard InChI is InChI=1S/C24H19F2N3O2S/c1-15(22(30)27-21-12-11-17(25)13-19(21)26)32-24-28-20-10-6-5-9-18(20)23(31)29(24)14-16-7-3-2-4-8-16/h2-13,15H,14H2,1H3,(H,27,30). The molecule has 0 aliphatic rings. The fourth-order valence-corrected chi connectivity index (χ4v) is 4.09. The summed E-state index contributed by atoms with van der Waals surface area (Å²) in [5, 5.41) is 2.62. The Labute approximate surface area is 187 Å². The molecule has 0 saturated heterocycles. The van der Waals surface area contributed by atoms with E-state index < -0.39 is 22.8 Å². The second-order valence-corrected chi connectivity index (χ2v) is 8.47. The van der Waals surface area contributed by atoms with E-state index in [1.807, 2.05) is 30.3 Å². The van der Waals surface area contributed by atoms with Gasteiger partial charge in [-0.3, -0.25) is 14.2 Å². The summed E-state index contributed by atoms with van der Waals surface area (Å²) in [5.74, 6) is -2.08. The quantitative estimate of drug-likeness (QED) is 0.337. The van der Waals surface area contributed by atoms with E-state index in [2.05, 4.69) is 10.3 Å². The number of hydrogen-bond acceptors (Lipinski definition) is 4. The van der Waals surface area contributed by atoms with Gasteiger partial charge in [0.2, 0.25) is 5.91 Å². The Balaban J connectivity index is 1.65. The van der Waals surface area contributed by atoms with E-state index in [0.717, 1.165) is 23.4 Å².